The number of aromatic nitrogens is 1. The molecule has 6 atom stereocenters. The molecule has 2 heterocycles. The average molecular weight is 714 g/mol. The lowest BCUT2D eigenvalue weighted by Crippen LogP contribution is -2.57. The Kier molecular flexibility index (Phi) is 15.4. The lowest BCUT2D eigenvalue weighted by atomic mass is 9.92. The first-order chi connectivity index (χ1) is 23.7. The van der Waals surface area contributed by atoms with Crippen molar-refractivity contribution in [3.63, 3.8) is 0 Å². The van der Waals surface area contributed by atoms with Crippen molar-refractivity contribution >= 4 is 41.0 Å². The van der Waals surface area contributed by atoms with E-state index in [0.717, 1.165) is 42.7 Å². The van der Waals surface area contributed by atoms with Crippen LogP contribution in [0.1, 0.15) is 114 Å². The van der Waals surface area contributed by atoms with E-state index in [2.05, 4.69) is 20.9 Å². The van der Waals surface area contributed by atoms with E-state index >= 15 is 0 Å². The van der Waals surface area contributed by atoms with Crippen LogP contribution in [0.3, 0.4) is 0 Å². The molecule has 1 aliphatic rings. The molecule has 1 aliphatic heterocycles. The first-order valence-electron chi connectivity index (χ1n) is 17.7. The molecular weight excluding hydrogens is 659 g/mol. The van der Waals surface area contributed by atoms with E-state index in [1.807, 2.05) is 58.0 Å². The molecule has 0 bridgehead atoms. The van der Waals surface area contributed by atoms with Gasteiger partial charge in [-0.1, -0.05) is 70.9 Å². The molecule has 12 nitrogen and oxygen atoms in total. The maximum absolute atomic E-state index is 14.1. The summed E-state index contributed by atoms with van der Waals surface area (Å²) in [6.07, 6.45) is 4.12. The van der Waals surface area contributed by atoms with Gasteiger partial charge in [0.1, 0.15) is 22.3 Å². The zero-order valence-corrected chi connectivity index (χ0v) is 31.3. The fraction of sp³-hybridized carbons (Fsp3) is 0.622. The highest BCUT2D eigenvalue weighted by Gasteiger charge is 2.38. The van der Waals surface area contributed by atoms with Crippen LogP contribution in [0.4, 0.5) is 0 Å². The predicted molar refractivity (Wildman–Crippen MR) is 193 cm³/mol. The minimum absolute atomic E-state index is 0.0130. The fourth-order valence-electron chi connectivity index (χ4n) is 6.26. The van der Waals surface area contributed by atoms with Gasteiger partial charge in [0.2, 0.25) is 11.8 Å². The number of carboxylic acids is 1. The number of aliphatic carboxylic acids is 1. The zero-order valence-electron chi connectivity index (χ0n) is 30.5. The standard InChI is InChI=1S/C37H55N5O7S/c1-8-24(4)31(40-32(44)27-18-12-13-20-38-27)35(46)42(7)29(23(2)3)21-30(49-25(5)43)34-39-28(22-50-34)33(45)41-37(6,36(47)48)19-14-17-26-15-10-9-11-16-26/h9-11,15-16,22-24,27,29-31,38H,8,12-14,17-21H2,1-7H3,(H,40,44)(H,41,45)(H,47,48)/t24-,27+,29+,30+,31-,37?/m0/s1. The average Bonchev–Trinajstić information content (AvgIpc) is 3.59. The molecule has 1 aromatic carbocycles. The summed E-state index contributed by atoms with van der Waals surface area (Å²) in [5.74, 6) is -2.95. The molecule has 50 heavy (non-hydrogen) atoms. The normalized spacial score (nSPS) is 18.2. The van der Waals surface area contributed by atoms with Gasteiger partial charge in [-0.25, -0.2) is 9.78 Å². The first kappa shape index (κ1) is 40.6. The molecule has 0 saturated carbocycles. The summed E-state index contributed by atoms with van der Waals surface area (Å²) in [5, 5.41) is 20.8. The van der Waals surface area contributed by atoms with Crippen LogP contribution >= 0.6 is 11.3 Å². The summed E-state index contributed by atoms with van der Waals surface area (Å²) in [6.45, 7) is 11.4. The van der Waals surface area contributed by atoms with Crippen molar-refractivity contribution in [1.29, 1.82) is 0 Å². The van der Waals surface area contributed by atoms with Crippen LogP contribution in [0, 0.1) is 11.8 Å². The van der Waals surface area contributed by atoms with Gasteiger partial charge in [0.05, 0.1) is 6.04 Å². The number of carboxylic acid groups (broad SMARTS) is 1. The van der Waals surface area contributed by atoms with Gasteiger partial charge in [0.25, 0.3) is 5.91 Å². The molecular formula is C37H55N5O7S. The number of esters is 1. The summed E-state index contributed by atoms with van der Waals surface area (Å²) in [7, 11) is 1.70. The van der Waals surface area contributed by atoms with Gasteiger partial charge in [-0.2, -0.15) is 0 Å². The van der Waals surface area contributed by atoms with Crippen molar-refractivity contribution in [1.82, 2.24) is 25.8 Å². The smallest absolute Gasteiger partial charge is 0.329 e. The van der Waals surface area contributed by atoms with Gasteiger partial charge in [-0.05, 0) is 63.0 Å². The highest BCUT2D eigenvalue weighted by atomic mass is 32.1. The van der Waals surface area contributed by atoms with Crippen LogP contribution in [0.5, 0.6) is 0 Å². The molecule has 1 fully saturated rings. The molecule has 2 aromatic rings. The van der Waals surface area contributed by atoms with Gasteiger partial charge < -0.3 is 30.7 Å². The van der Waals surface area contributed by atoms with Gasteiger partial charge in [-0.15, -0.1) is 11.3 Å². The van der Waals surface area contributed by atoms with E-state index in [1.165, 1.54) is 19.2 Å². The third-order valence-electron chi connectivity index (χ3n) is 9.66. The lowest BCUT2D eigenvalue weighted by molar-refractivity contribution is -0.149. The van der Waals surface area contributed by atoms with Gasteiger partial charge in [-0.3, -0.25) is 19.2 Å². The summed E-state index contributed by atoms with van der Waals surface area (Å²) >= 11 is 1.13. The van der Waals surface area contributed by atoms with Crippen LogP contribution < -0.4 is 16.0 Å². The van der Waals surface area contributed by atoms with Crippen molar-refractivity contribution < 1.29 is 33.8 Å². The third-order valence-corrected chi connectivity index (χ3v) is 10.6. The monoisotopic (exact) mass is 713 g/mol. The Labute approximate surface area is 300 Å². The number of likely N-dealkylation sites (N-methyl/N-ethyl adjacent to an activating group) is 1. The Hall–Kier alpha value is -3.84. The number of amides is 3. The Morgan fingerprint density at radius 3 is 2.42 bits per heavy atom. The number of aryl methyl sites for hydroxylation is 1. The van der Waals surface area contributed by atoms with Crippen LogP contribution in [-0.4, -0.2) is 81.9 Å². The van der Waals surface area contributed by atoms with E-state index < -0.39 is 41.6 Å². The van der Waals surface area contributed by atoms with Crippen molar-refractivity contribution in [2.24, 2.45) is 11.8 Å². The molecule has 3 rings (SSSR count). The number of hydrogen-bond donors (Lipinski definition) is 4. The van der Waals surface area contributed by atoms with Crippen LogP contribution in [0.15, 0.2) is 35.7 Å². The third kappa shape index (κ3) is 11.3. The van der Waals surface area contributed by atoms with Crippen molar-refractivity contribution in [2.45, 2.75) is 123 Å². The maximum Gasteiger partial charge on any atom is 0.329 e. The molecule has 4 N–H and O–H groups in total. The van der Waals surface area contributed by atoms with Crippen molar-refractivity contribution in [2.75, 3.05) is 13.6 Å². The van der Waals surface area contributed by atoms with E-state index in [4.69, 9.17) is 4.74 Å². The fourth-order valence-corrected chi connectivity index (χ4v) is 7.10. The minimum Gasteiger partial charge on any atom is -0.480 e. The molecule has 0 spiro atoms. The number of carbonyl (C=O) groups is 5. The number of nitrogens with one attached hydrogen (secondary N) is 3. The van der Waals surface area contributed by atoms with Crippen LogP contribution in [-0.2, 0) is 30.3 Å². The quantitative estimate of drug-likeness (QED) is 0.157. The van der Waals surface area contributed by atoms with E-state index in [1.54, 1.807) is 11.9 Å². The number of thiazole rings is 1. The molecule has 1 aromatic heterocycles. The number of ether oxygens (including phenoxy) is 1. The second-order valence-corrected chi connectivity index (χ2v) is 14.9. The number of nitrogens with zero attached hydrogens (tertiary/aromatic N) is 2. The Morgan fingerprint density at radius 1 is 1.14 bits per heavy atom. The summed E-state index contributed by atoms with van der Waals surface area (Å²) in [5.41, 5.74) is -0.430. The molecule has 0 radical (unpaired) electrons. The van der Waals surface area contributed by atoms with Crippen molar-refractivity contribution in [3.05, 3.63) is 52.0 Å². The Balaban J connectivity index is 1.76. The largest absolute Gasteiger partial charge is 0.480 e. The van der Waals surface area contributed by atoms with E-state index in [9.17, 15) is 29.1 Å². The second kappa shape index (κ2) is 19.0. The summed E-state index contributed by atoms with van der Waals surface area (Å²) in [6, 6.07) is 8.24. The number of piperidine rings is 1. The maximum atomic E-state index is 14.1. The number of carbonyl (C=O) groups excluding carboxylic acids is 4. The zero-order chi connectivity index (χ0) is 37.0. The van der Waals surface area contributed by atoms with Gasteiger partial charge >= 0.3 is 11.9 Å². The highest BCUT2D eigenvalue weighted by Crippen LogP contribution is 2.31. The van der Waals surface area contributed by atoms with Crippen molar-refractivity contribution in [3.8, 4) is 0 Å². The first-order valence-corrected chi connectivity index (χ1v) is 18.6. The summed E-state index contributed by atoms with van der Waals surface area (Å²) < 4.78 is 5.71. The Bertz CT molecular complexity index is 1440. The van der Waals surface area contributed by atoms with Crippen LogP contribution in [0.2, 0.25) is 0 Å². The molecule has 13 heteroatoms. The van der Waals surface area contributed by atoms with Gasteiger partial charge in [0.15, 0.2) is 6.10 Å². The molecule has 3 amide bonds. The van der Waals surface area contributed by atoms with Crippen LogP contribution in [0.25, 0.3) is 0 Å². The Morgan fingerprint density at radius 2 is 1.84 bits per heavy atom. The highest BCUT2D eigenvalue weighted by molar-refractivity contribution is 7.09. The molecule has 276 valence electrons. The number of benzene rings is 1. The van der Waals surface area contributed by atoms with E-state index in [0.29, 0.717) is 24.3 Å². The lowest BCUT2D eigenvalue weighted by Gasteiger charge is -2.37. The van der Waals surface area contributed by atoms with Gasteiger partial charge in [0, 0.05) is 31.8 Å². The SMILES string of the molecule is CC[C@H](C)[C@H](NC(=O)[C@H]1CCCCN1)C(=O)N(C)[C@H](C[C@@H](OC(C)=O)c1nc(C(=O)NC(C)(CCCc2ccccc2)C(=O)O)cs1)C(C)C. The molecule has 1 saturated heterocycles. The molecule has 0 aliphatic carbocycles. The second-order valence-electron chi connectivity index (χ2n) is 14.0. The topological polar surface area (TPSA) is 167 Å². The minimum atomic E-state index is -1.52. The number of rotatable bonds is 18. The predicted octanol–water partition coefficient (Wildman–Crippen LogP) is 4.89. The van der Waals surface area contributed by atoms with E-state index in [-0.39, 0.29) is 48.2 Å². The molecule has 1 unspecified atom stereocenters. The summed E-state index contributed by atoms with van der Waals surface area (Å²) in [4.78, 5) is 71.2. The number of hydrogen-bond acceptors (Lipinski definition) is 9.